The molecule has 2 atom stereocenters. The first-order valence-electron chi connectivity index (χ1n) is 8.19. The van der Waals surface area contributed by atoms with Crippen LogP contribution in [0.3, 0.4) is 0 Å². The van der Waals surface area contributed by atoms with Crippen LogP contribution in [0.25, 0.3) is 0 Å². The lowest BCUT2D eigenvalue weighted by Crippen LogP contribution is -2.48. The van der Waals surface area contributed by atoms with Crippen molar-refractivity contribution < 1.29 is 18.6 Å². The molecule has 0 saturated carbocycles. The summed E-state index contributed by atoms with van der Waals surface area (Å²) in [6.07, 6.45) is 1.48. The average molecular weight is 365 g/mol. The zero-order valence-electron chi connectivity index (χ0n) is 14.0. The number of aliphatic hydroxyl groups is 1. The van der Waals surface area contributed by atoms with E-state index in [9.17, 15) is 13.9 Å². The van der Waals surface area contributed by atoms with Gasteiger partial charge >= 0.3 is 0 Å². The summed E-state index contributed by atoms with van der Waals surface area (Å²) in [5, 5.41) is 10.3. The van der Waals surface area contributed by atoms with E-state index in [0.717, 1.165) is 31.3 Å². The fourth-order valence-corrected chi connectivity index (χ4v) is 3.43. The molecule has 6 heteroatoms. The zero-order valence-corrected chi connectivity index (χ0v) is 14.8. The molecule has 0 amide bonds. The fraction of sp³-hybridized carbons (Fsp3) is 0.368. The highest BCUT2D eigenvalue weighted by Gasteiger charge is 2.29. The Bertz CT molecular complexity index is 691. The number of thioether (sulfide) groups is 1. The van der Waals surface area contributed by atoms with E-state index in [1.165, 1.54) is 10.5 Å². The number of hydrogen-bond acceptors (Lipinski definition) is 4. The molecule has 2 aromatic rings. The maximum Gasteiger partial charge on any atom is 0.129 e. The standard InChI is InChI=1S/C19H21F2NO2S/c1-25-17-4-2-13(3-5-17)11-22-7-6-19(18(23)12-22)24-16-9-14(20)8-15(21)10-16/h2-5,8-10,18-19,23H,6-7,11-12H2,1H3/t18-,19-/m1/s1. The molecule has 1 aliphatic heterocycles. The van der Waals surface area contributed by atoms with Gasteiger partial charge in [-0.2, -0.15) is 0 Å². The summed E-state index contributed by atoms with van der Waals surface area (Å²) in [7, 11) is 0. The van der Waals surface area contributed by atoms with Gasteiger partial charge in [-0.1, -0.05) is 12.1 Å². The summed E-state index contributed by atoms with van der Waals surface area (Å²) in [5.74, 6) is -1.26. The molecule has 25 heavy (non-hydrogen) atoms. The van der Waals surface area contributed by atoms with Crippen LogP contribution in [0.15, 0.2) is 47.4 Å². The van der Waals surface area contributed by atoms with Crippen LogP contribution in [0.1, 0.15) is 12.0 Å². The van der Waals surface area contributed by atoms with E-state index in [2.05, 4.69) is 29.2 Å². The molecular weight excluding hydrogens is 344 g/mol. The summed E-state index contributed by atoms with van der Waals surface area (Å²) in [6, 6.07) is 11.4. The first kappa shape index (κ1) is 18.2. The van der Waals surface area contributed by atoms with Gasteiger partial charge < -0.3 is 9.84 Å². The summed E-state index contributed by atoms with van der Waals surface area (Å²) < 4.78 is 32.1. The molecule has 3 rings (SSSR count). The quantitative estimate of drug-likeness (QED) is 0.819. The van der Waals surface area contributed by atoms with Crippen molar-refractivity contribution in [3.8, 4) is 5.75 Å². The van der Waals surface area contributed by atoms with Crippen LogP contribution in [-0.4, -0.2) is 41.6 Å². The highest BCUT2D eigenvalue weighted by molar-refractivity contribution is 7.98. The van der Waals surface area contributed by atoms with Gasteiger partial charge in [0.15, 0.2) is 0 Å². The Labute approximate surface area is 150 Å². The third kappa shape index (κ3) is 4.93. The molecule has 1 saturated heterocycles. The van der Waals surface area contributed by atoms with Crippen molar-refractivity contribution in [1.29, 1.82) is 0 Å². The molecule has 0 unspecified atom stereocenters. The molecule has 0 aromatic heterocycles. The van der Waals surface area contributed by atoms with Gasteiger partial charge in [0.25, 0.3) is 0 Å². The number of rotatable bonds is 5. The van der Waals surface area contributed by atoms with Gasteiger partial charge in [-0.05, 0) is 30.4 Å². The summed E-state index contributed by atoms with van der Waals surface area (Å²) in [4.78, 5) is 3.38. The average Bonchev–Trinajstić information content (AvgIpc) is 2.57. The highest BCUT2D eigenvalue weighted by atomic mass is 32.2. The monoisotopic (exact) mass is 365 g/mol. The van der Waals surface area contributed by atoms with Crippen LogP contribution in [0, 0.1) is 11.6 Å². The maximum absolute atomic E-state index is 13.2. The van der Waals surface area contributed by atoms with Gasteiger partial charge in [0.1, 0.15) is 29.6 Å². The smallest absolute Gasteiger partial charge is 0.129 e. The largest absolute Gasteiger partial charge is 0.487 e. The number of halogens is 2. The van der Waals surface area contributed by atoms with Gasteiger partial charge in [0, 0.05) is 42.7 Å². The summed E-state index contributed by atoms with van der Waals surface area (Å²) in [6.45, 7) is 1.98. The van der Waals surface area contributed by atoms with Crippen LogP contribution in [0.2, 0.25) is 0 Å². The predicted molar refractivity (Wildman–Crippen MR) is 94.9 cm³/mol. The molecule has 0 aliphatic carbocycles. The lowest BCUT2D eigenvalue weighted by Gasteiger charge is -2.36. The number of ether oxygens (including phenoxy) is 1. The SMILES string of the molecule is CSc1ccc(CN2CC[C@@H](Oc3cc(F)cc(F)c3)[C@H](O)C2)cc1. The Morgan fingerprint density at radius 3 is 2.44 bits per heavy atom. The summed E-state index contributed by atoms with van der Waals surface area (Å²) >= 11 is 1.70. The van der Waals surface area contributed by atoms with Gasteiger partial charge in [0.2, 0.25) is 0 Å². The minimum absolute atomic E-state index is 0.114. The number of aliphatic hydroxyl groups excluding tert-OH is 1. The Morgan fingerprint density at radius 1 is 1.16 bits per heavy atom. The van der Waals surface area contributed by atoms with Crippen molar-refractivity contribution in [3.63, 3.8) is 0 Å². The Hall–Kier alpha value is -1.63. The third-order valence-corrected chi connectivity index (χ3v) is 5.04. The van der Waals surface area contributed by atoms with Gasteiger partial charge in [-0.25, -0.2) is 8.78 Å². The number of hydrogen-bond donors (Lipinski definition) is 1. The van der Waals surface area contributed by atoms with E-state index in [1.54, 1.807) is 11.8 Å². The molecule has 3 nitrogen and oxygen atoms in total. The molecular formula is C19H21F2NO2S. The molecule has 1 N–H and O–H groups in total. The van der Waals surface area contributed by atoms with Crippen LogP contribution in [0.5, 0.6) is 5.75 Å². The topological polar surface area (TPSA) is 32.7 Å². The minimum Gasteiger partial charge on any atom is -0.487 e. The molecule has 0 radical (unpaired) electrons. The van der Waals surface area contributed by atoms with E-state index < -0.39 is 23.8 Å². The number of likely N-dealkylation sites (tertiary alicyclic amines) is 1. The number of piperidine rings is 1. The van der Waals surface area contributed by atoms with Crippen LogP contribution >= 0.6 is 11.8 Å². The van der Waals surface area contributed by atoms with E-state index in [-0.39, 0.29) is 5.75 Å². The van der Waals surface area contributed by atoms with E-state index in [1.807, 2.05) is 6.26 Å². The second-order valence-electron chi connectivity index (χ2n) is 6.20. The Morgan fingerprint density at radius 2 is 1.84 bits per heavy atom. The van der Waals surface area contributed by atoms with Gasteiger partial charge in [-0.3, -0.25) is 4.90 Å². The van der Waals surface area contributed by atoms with Crippen molar-refractivity contribution in [2.24, 2.45) is 0 Å². The maximum atomic E-state index is 13.2. The van der Waals surface area contributed by atoms with Crippen LogP contribution in [0.4, 0.5) is 8.78 Å². The third-order valence-electron chi connectivity index (χ3n) is 4.29. The molecule has 134 valence electrons. The van der Waals surface area contributed by atoms with Crippen molar-refractivity contribution in [2.45, 2.75) is 30.1 Å². The van der Waals surface area contributed by atoms with Crippen LogP contribution < -0.4 is 4.74 Å². The lowest BCUT2D eigenvalue weighted by molar-refractivity contribution is -0.0277. The lowest BCUT2D eigenvalue weighted by atomic mass is 10.0. The summed E-state index contributed by atoms with van der Waals surface area (Å²) in [5.41, 5.74) is 1.19. The normalized spacial score (nSPS) is 21.3. The number of β-amino-alcohol motifs (C(OH)–C–C–N with tert-alkyl or cyclic N) is 1. The Kier molecular flexibility index (Phi) is 5.93. The zero-order chi connectivity index (χ0) is 17.8. The molecule has 0 bridgehead atoms. The highest BCUT2D eigenvalue weighted by Crippen LogP contribution is 2.23. The second-order valence-corrected chi connectivity index (χ2v) is 7.08. The van der Waals surface area contributed by atoms with Crippen LogP contribution in [-0.2, 0) is 6.54 Å². The van der Waals surface area contributed by atoms with Crippen molar-refractivity contribution in [3.05, 3.63) is 59.7 Å². The fourth-order valence-electron chi connectivity index (χ4n) is 3.02. The number of nitrogens with zero attached hydrogens (tertiary/aromatic N) is 1. The molecule has 1 aliphatic rings. The second kappa shape index (κ2) is 8.17. The van der Waals surface area contributed by atoms with Crippen molar-refractivity contribution in [2.75, 3.05) is 19.3 Å². The predicted octanol–water partition coefficient (Wildman–Crippen LogP) is 3.70. The molecule has 0 spiro atoms. The first-order chi connectivity index (χ1) is 12.0. The number of benzene rings is 2. The first-order valence-corrected chi connectivity index (χ1v) is 9.42. The van der Waals surface area contributed by atoms with E-state index >= 15 is 0 Å². The van der Waals surface area contributed by atoms with Gasteiger partial charge in [0.05, 0.1) is 0 Å². The van der Waals surface area contributed by atoms with Crippen molar-refractivity contribution in [1.82, 2.24) is 4.90 Å². The molecule has 1 fully saturated rings. The molecule has 1 heterocycles. The molecule has 2 aromatic carbocycles. The minimum atomic E-state index is -0.703. The Balaban J connectivity index is 1.56. The van der Waals surface area contributed by atoms with Gasteiger partial charge in [-0.15, -0.1) is 11.8 Å². The van der Waals surface area contributed by atoms with E-state index in [4.69, 9.17) is 4.74 Å². The van der Waals surface area contributed by atoms with Crippen molar-refractivity contribution >= 4 is 11.8 Å². The van der Waals surface area contributed by atoms with E-state index in [0.29, 0.717) is 13.0 Å².